The molecule has 1 aromatic carbocycles. The molecule has 3 nitrogen and oxygen atoms in total. The Morgan fingerprint density at radius 2 is 1.89 bits per heavy atom. The van der Waals surface area contributed by atoms with Gasteiger partial charge in [0.05, 0.1) is 16.3 Å². The Balaban J connectivity index is 2.24. The van der Waals surface area contributed by atoms with Crippen LogP contribution >= 0.6 is 11.6 Å². The highest BCUT2D eigenvalue weighted by atomic mass is 35.5. The molecule has 0 spiro atoms. The zero-order valence-electron chi connectivity index (χ0n) is 8.95. The SMILES string of the molecule is O=C(Nc1ccc(F)nc1F)c1ccccc1Cl. The van der Waals surface area contributed by atoms with Gasteiger partial charge in [0.2, 0.25) is 11.9 Å². The predicted molar refractivity (Wildman–Crippen MR) is 63.6 cm³/mol. The summed E-state index contributed by atoms with van der Waals surface area (Å²) in [6.45, 7) is 0. The summed E-state index contributed by atoms with van der Waals surface area (Å²) in [6.07, 6.45) is 0. The number of rotatable bonds is 2. The lowest BCUT2D eigenvalue weighted by molar-refractivity contribution is 0.102. The lowest BCUT2D eigenvalue weighted by atomic mass is 10.2. The lowest BCUT2D eigenvalue weighted by Crippen LogP contribution is -2.14. The third-order valence-corrected chi connectivity index (χ3v) is 2.51. The molecule has 0 saturated heterocycles. The Hall–Kier alpha value is -2.01. The van der Waals surface area contributed by atoms with Crippen LogP contribution in [-0.2, 0) is 0 Å². The molecule has 6 heteroatoms. The average molecular weight is 269 g/mol. The van der Waals surface area contributed by atoms with Gasteiger partial charge < -0.3 is 5.32 Å². The second-order valence-corrected chi connectivity index (χ2v) is 3.81. The van der Waals surface area contributed by atoms with E-state index in [1.807, 2.05) is 0 Å². The number of carbonyl (C=O) groups is 1. The summed E-state index contributed by atoms with van der Waals surface area (Å²) in [6, 6.07) is 8.36. The van der Waals surface area contributed by atoms with Gasteiger partial charge in [-0.15, -0.1) is 0 Å². The molecule has 0 bridgehead atoms. The van der Waals surface area contributed by atoms with Crippen LogP contribution in [0.2, 0.25) is 5.02 Å². The smallest absolute Gasteiger partial charge is 0.257 e. The van der Waals surface area contributed by atoms with E-state index in [2.05, 4.69) is 10.3 Å². The van der Waals surface area contributed by atoms with Crippen molar-refractivity contribution in [3.05, 3.63) is 58.9 Å². The number of hydrogen-bond acceptors (Lipinski definition) is 2. The topological polar surface area (TPSA) is 42.0 Å². The average Bonchev–Trinajstić information content (AvgIpc) is 2.33. The van der Waals surface area contributed by atoms with Crippen molar-refractivity contribution in [2.45, 2.75) is 0 Å². The van der Waals surface area contributed by atoms with E-state index in [0.29, 0.717) is 0 Å². The Morgan fingerprint density at radius 1 is 1.17 bits per heavy atom. The predicted octanol–water partition coefficient (Wildman–Crippen LogP) is 3.27. The van der Waals surface area contributed by atoms with Gasteiger partial charge in [-0.1, -0.05) is 23.7 Å². The van der Waals surface area contributed by atoms with Gasteiger partial charge in [-0.3, -0.25) is 4.79 Å². The number of hydrogen-bond donors (Lipinski definition) is 1. The first kappa shape index (κ1) is 12.4. The van der Waals surface area contributed by atoms with Crippen LogP contribution in [0.1, 0.15) is 10.4 Å². The van der Waals surface area contributed by atoms with Crippen molar-refractivity contribution in [3.8, 4) is 0 Å². The van der Waals surface area contributed by atoms with Crippen molar-refractivity contribution in [1.29, 1.82) is 0 Å². The maximum absolute atomic E-state index is 13.2. The van der Waals surface area contributed by atoms with Crippen LogP contribution in [0.4, 0.5) is 14.5 Å². The number of pyridine rings is 1. The van der Waals surface area contributed by atoms with Gasteiger partial charge in [-0.25, -0.2) is 0 Å². The summed E-state index contributed by atoms with van der Waals surface area (Å²) in [5.41, 5.74) is -0.00999. The highest BCUT2D eigenvalue weighted by Crippen LogP contribution is 2.18. The largest absolute Gasteiger partial charge is 0.318 e. The number of anilines is 1. The number of benzene rings is 1. The summed E-state index contributed by atoms with van der Waals surface area (Å²) >= 11 is 5.82. The van der Waals surface area contributed by atoms with Crippen LogP contribution in [0.25, 0.3) is 0 Å². The highest BCUT2D eigenvalue weighted by Gasteiger charge is 2.13. The van der Waals surface area contributed by atoms with Crippen LogP contribution in [0.15, 0.2) is 36.4 Å². The maximum Gasteiger partial charge on any atom is 0.257 e. The molecule has 1 amide bonds. The molecular weight excluding hydrogens is 262 g/mol. The first-order chi connectivity index (χ1) is 8.58. The molecule has 2 aromatic rings. The lowest BCUT2D eigenvalue weighted by Gasteiger charge is -2.06. The van der Waals surface area contributed by atoms with Gasteiger partial charge in [-0.2, -0.15) is 13.8 Å². The molecular formula is C12H7ClF2N2O. The minimum atomic E-state index is -1.09. The second kappa shape index (κ2) is 5.10. The number of nitrogens with zero attached hydrogens (tertiary/aromatic N) is 1. The molecule has 0 saturated carbocycles. The van der Waals surface area contributed by atoms with Crippen molar-refractivity contribution < 1.29 is 13.6 Å². The van der Waals surface area contributed by atoms with E-state index < -0.39 is 17.8 Å². The Kier molecular flexibility index (Phi) is 3.53. The number of aromatic nitrogens is 1. The molecule has 92 valence electrons. The molecule has 1 heterocycles. The Bertz CT molecular complexity index is 604. The van der Waals surface area contributed by atoms with Gasteiger partial charge in [0.25, 0.3) is 5.91 Å². The van der Waals surface area contributed by atoms with Crippen molar-refractivity contribution >= 4 is 23.2 Å². The quantitative estimate of drug-likeness (QED) is 0.850. The van der Waals surface area contributed by atoms with Crippen LogP contribution in [0, 0.1) is 11.9 Å². The summed E-state index contributed by atoms with van der Waals surface area (Å²) in [5, 5.41) is 2.51. The summed E-state index contributed by atoms with van der Waals surface area (Å²) in [4.78, 5) is 14.7. The first-order valence-electron chi connectivity index (χ1n) is 4.96. The monoisotopic (exact) mass is 268 g/mol. The van der Waals surface area contributed by atoms with E-state index >= 15 is 0 Å². The van der Waals surface area contributed by atoms with Crippen LogP contribution in [0.5, 0.6) is 0 Å². The van der Waals surface area contributed by atoms with Gasteiger partial charge in [-0.05, 0) is 24.3 Å². The molecule has 0 aliphatic carbocycles. The molecule has 2 rings (SSSR count). The van der Waals surface area contributed by atoms with E-state index in [-0.39, 0.29) is 16.3 Å². The van der Waals surface area contributed by atoms with E-state index in [4.69, 9.17) is 11.6 Å². The third-order valence-electron chi connectivity index (χ3n) is 2.18. The zero-order valence-corrected chi connectivity index (χ0v) is 9.71. The molecule has 0 unspecified atom stereocenters. The van der Waals surface area contributed by atoms with Crippen LogP contribution < -0.4 is 5.32 Å². The van der Waals surface area contributed by atoms with E-state index in [1.54, 1.807) is 12.1 Å². The number of nitrogens with one attached hydrogen (secondary N) is 1. The van der Waals surface area contributed by atoms with E-state index in [1.165, 1.54) is 12.1 Å². The van der Waals surface area contributed by atoms with Crippen molar-refractivity contribution in [3.63, 3.8) is 0 Å². The molecule has 0 fully saturated rings. The van der Waals surface area contributed by atoms with Gasteiger partial charge >= 0.3 is 0 Å². The third kappa shape index (κ3) is 2.62. The molecule has 0 aliphatic rings. The summed E-state index contributed by atoms with van der Waals surface area (Å²) in [7, 11) is 0. The second-order valence-electron chi connectivity index (χ2n) is 3.41. The molecule has 1 N–H and O–H groups in total. The zero-order chi connectivity index (χ0) is 13.1. The molecule has 18 heavy (non-hydrogen) atoms. The standard InChI is InChI=1S/C12H7ClF2N2O/c13-8-4-2-1-3-7(8)12(18)16-9-5-6-10(14)17-11(9)15/h1-6H,(H,16,18). The van der Waals surface area contributed by atoms with E-state index in [9.17, 15) is 13.6 Å². The number of halogens is 3. The van der Waals surface area contributed by atoms with Crippen molar-refractivity contribution in [2.75, 3.05) is 5.32 Å². The van der Waals surface area contributed by atoms with E-state index in [0.717, 1.165) is 12.1 Å². The normalized spacial score (nSPS) is 10.2. The summed E-state index contributed by atoms with van der Waals surface area (Å²) < 4.78 is 25.8. The highest BCUT2D eigenvalue weighted by molar-refractivity contribution is 6.34. The van der Waals surface area contributed by atoms with Crippen LogP contribution in [0.3, 0.4) is 0 Å². The Labute approximate surface area is 106 Å². The first-order valence-corrected chi connectivity index (χ1v) is 5.33. The van der Waals surface area contributed by atoms with Crippen molar-refractivity contribution in [1.82, 2.24) is 4.98 Å². The molecule has 0 radical (unpaired) electrons. The maximum atomic E-state index is 13.2. The van der Waals surface area contributed by atoms with Crippen LogP contribution in [-0.4, -0.2) is 10.9 Å². The minimum absolute atomic E-state index is 0.197. The fourth-order valence-corrected chi connectivity index (χ4v) is 1.56. The fourth-order valence-electron chi connectivity index (χ4n) is 1.34. The number of carbonyl (C=O) groups excluding carboxylic acids is 1. The molecule has 1 aromatic heterocycles. The minimum Gasteiger partial charge on any atom is -0.318 e. The van der Waals surface area contributed by atoms with Gasteiger partial charge in [0.15, 0.2) is 0 Å². The fraction of sp³-hybridized carbons (Fsp3) is 0. The Morgan fingerprint density at radius 3 is 2.56 bits per heavy atom. The molecule has 0 aliphatic heterocycles. The molecule has 0 atom stereocenters. The van der Waals surface area contributed by atoms with Gasteiger partial charge in [0, 0.05) is 0 Å². The summed E-state index contributed by atoms with van der Waals surface area (Å²) in [5.74, 6) is -2.63. The van der Waals surface area contributed by atoms with Gasteiger partial charge in [0.1, 0.15) is 0 Å². The number of amides is 1. The van der Waals surface area contributed by atoms with Crippen molar-refractivity contribution in [2.24, 2.45) is 0 Å².